The van der Waals surface area contributed by atoms with Gasteiger partial charge >= 0.3 is 0 Å². The molecule has 0 radical (unpaired) electrons. The van der Waals surface area contributed by atoms with Crippen molar-refractivity contribution in [2.75, 3.05) is 31.3 Å². The summed E-state index contributed by atoms with van der Waals surface area (Å²) in [6.07, 6.45) is 3.60. The van der Waals surface area contributed by atoms with Crippen LogP contribution in [0.2, 0.25) is 0 Å². The van der Waals surface area contributed by atoms with E-state index in [4.69, 9.17) is 10.5 Å². The summed E-state index contributed by atoms with van der Waals surface area (Å²) in [5.41, 5.74) is 9.25. The first-order valence-electron chi connectivity index (χ1n) is 5.40. The molecular weight excluding hydrogens is 188 g/mol. The SMILES string of the molecule is COc1cc2c(cc1N)CCCCN2C. The van der Waals surface area contributed by atoms with E-state index in [1.165, 1.54) is 24.1 Å². The number of anilines is 2. The number of aryl methyl sites for hydroxylation is 1. The number of hydrogen-bond acceptors (Lipinski definition) is 3. The minimum atomic E-state index is 0.742. The van der Waals surface area contributed by atoms with E-state index in [0.717, 1.165) is 24.4 Å². The van der Waals surface area contributed by atoms with Gasteiger partial charge in [-0.15, -0.1) is 0 Å². The summed E-state index contributed by atoms with van der Waals surface area (Å²) < 4.78 is 5.25. The van der Waals surface area contributed by atoms with Crippen molar-refractivity contribution < 1.29 is 4.74 Å². The molecule has 1 aromatic rings. The number of fused-ring (bicyclic) bond motifs is 1. The molecule has 1 aromatic carbocycles. The Morgan fingerprint density at radius 1 is 1.33 bits per heavy atom. The molecule has 0 aromatic heterocycles. The van der Waals surface area contributed by atoms with Gasteiger partial charge in [-0.05, 0) is 30.9 Å². The summed E-state index contributed by atoms with van der Waals surface area (Å²) in [7, 11) is 3.79. The van der Waals surface area contributed by atoms with Gasteiger partial charge in [-0.3, -0.25) is 0 Å². The van der Waals surface area contributed by atoms with Crippen molar-refractivity contribution in [1.29, 1.82) is 0 Å². The lowest BCUT2D eigenvalue weighted by molar-refractivity contribution is 0.417. The molecule has 1 aliphatic heterocycles. The molecule has 82 valence electrons. The lowest BCUT2D eigenvalue weighted by atomic mass is 10.1. The van der Waals surface area contributed by atoms with Crippen molar-refractivity contribution in [2.45, 2.75) is 19.3 Å². The highest BCUT2D eigenvalue weighted by Gasteiger charge is 2.14. The Morgan fingerprint density at radius 3 is 2.87 bits per heavy atom. The Hall–Kier alpha value is -1.38. The second kappa shape index (κ2) is 4.01. The number of ether oxygens (including phenoxy) is 1. The highest BCUT2D eigenvalue weighted by Crippen LogP contribution is 2.33. The number of nitrogens with two attached hydrogens (primary N) is 1. The second-order valence-corrected chi connectivity index (χ2v) is 4.10. The summed E-state index contributed by atoms with van der Waals surface area (Å²) in [5.74, 6) is 0.780. The van der Waals surface area contributed by atoms with Crippen molar-refractivity contribution in [1.82, 2.24) is 0 Å². The van der Waals surface area contributed by atoms with Crippen LogP contribution in [0.5, 0.6) is 5.75 Å². The first-order chi connectivity index (χ1) is 7.22. The van der Waals surface area contributed by atoms with E-state index in [0.29, 0.717) is 0 Å². The molecule has 0 bridgehead atoms. The zero-order valence-electron chi connectivity index (χ0n) is 9.42. The molecule has 0 saturated heterocycles. The zero-order chi connectivity index (χ0) is 10.8. The molecule has 0 saturated carbocycles. The standard InChI is InChI=1S/C12H18N2O/c1-14-6-4-3-5-9-7-10(13)12(15-2)8-11(9)14/h7-8H,3-6,13H2,1-2H3. The van der Waals surface area contributed by atoms with Crippen LogP contribution in [-0.2, 0) is 6.42 Å². The van der Waals surface area contributed by atoms with Crippen LogP contribution in [0, 0.1) is 0 Å². The molecule has 0 amide bonds. The zero-order valence-corrected chi connectivity index (χ0v) is 9.42. The van der Waals surface area contributed by atoms with E-state index in [9.17, 15) is 0 Å². The first kappa shape index (κ1) is 10.1. The van der Waals surface area contributed by atoms with E-state index >= 15 is 0 Å². The Bertz CT molecular complexity index is 363. The van der Waals surface area contributed by atoms with Gasteiger partial charge in [0.05, 0.1) is 12.8 Å². The van der Waals surface area contributed by atoms with E-state index in [2.05, 4.69) is 24.1 Å². The van der Waals surface area contributed by atoms with Crippen LogP contribution >= 0.6 is 0 Å². The van der Waals surface area contributed by atoms with Crippen molar-refractivity contribution in [3.05, 3.63) is 17.7 Å². The normalized spacial score (nSPS) is 15.7. The Balaban J connectivity index is 2.47. The van der Waals surface area contributed by atoms with Crippen LogP contribution in [-0.4, -0.2) is 20.7 Å². The Morgan fingerprint density at radius 2 is 2.13 bits per heavy atom. The van der Waals surface area contributed by atoms with Gasteiger partial charge in [0.15, 0.2) is 0 Å². The first-order valence-corrected chi connectivity index (χ1v) is 5.40. The molecule has 3 nitrogen and oxygen atoms in total. The van der Waals surface area contributed by atoms with Gasteiger partial charge in [-0.2, -0.15) is 0 Å². The molecule has 0 spiro atoms. The fraction of sp³-hybridized carbons (Fsp3) is 0.500. The van der Waals surface area contributed by atoms with Gasteiger partial charge in [0.2, 0.25) is 0 Å². The Labute approximate surface area is 90.8 Å². The quantitative estimate of drug-likeness (QED) is 0.715. The minimum absolute atomic E-state index is 0.742. The van der Waals surface area contributed by atoms with Crippen LogP contribution in [0.3, 0.4) is 0 Å². The third-order valence-corrected chi connectivity index (χ3v) is 3.03. The van der Waals surface area contributed by atoms with Crippen LogP contribution in [0.1, 0.15) is 18.4 Å². The number of nitrogens with zero attached hydrogens (tertiary/aromatic N) is 1. The van der Waals surface area contributed by atoms with Crippen LogP contribution in [0.15, 0.2) is 12.1 Å². The lowest BCUT2D eigenvalue weighted by Gasteiger charge is -2.20. The molecule has 0 aliphatic carbocycles. The Kier molecular flexibility index (Phi) is 2.71. The fourth-order valence-electron chi connectivity index (χ4n) is 2.15. The van der Waals surface area contributed by atoms with Crippen molar-refractivity contribution in [3.8, 4) is 5.75 Å². The third-order valence-electron chi connectivity index (χ3n) is 3.03. The van der Waals surface area contributed by atoms with E-state index < -0.39 is 0 Å². The van der Waals surface area contributed by atoms with E-state index in [-0.39, 0.29) is 0 Å². The lowest BCUT2D eigenvalue weighted by Crippen LogP contribution is -2.17. The molecule has 1 heterocycles. The van der Waals surface area contributed by atoms with Crippen LogP contribution < -0.4 is 15.4 Å². The van der Waals surface area contributed by atoms with E-state index in [1.807, 2.05) is 0 Å². The predicted octanol–water partition coefficient (Wildman–Crippen LogP) is 2.05. The molecule has 2 N–H and O–H groups in total. The summed E-state index contributed by atoms with van der Waals surface area (Å²) in [5, 5.41) is 0. The molecular formula is C12H18N2O. The van der Waals surface area contributed by atoms with Gasteiger partial charge in [0.1, 0.15) is 5.75 Å². The molecule has 15 heavy (non-hydrogen) atoms. The summed E-state index contributed by atoms with van der Waals surface area (Å²) in [6, 6.07) is 4.10. The highest BCUT2D eigenvalue weighted by molar-refractivity contribution is 5.67. The van der Waals surface area contributed by atoms with Crippen molar-refractivity contribution >= 4 is 11.4 Å². The number of nitrogen functional groups attached to an aromatic ring is 1. The summed E-state index contributed by atoms with van der Waals surface area (Å²) >= 11 is 0. The molecule has 3 heteroatoms. The molecule has 0 fully saturated rings. The maximum absolute atomic E-state index is 5.91. The smallest absolute Gasteiger partial charge is 0.143 e. The van der Waals surface area contributed by atoms with Crippen molar-refractivity contribution in [2.24, 2.45) is 0 Å². The maximum Gasteiger partial charge on any atom is 0.143 e. The summed E-state index contributed by atoms with van der Waals surface area (Å²) in [4.78, 5) is 2.28. The highest BCUT2D eigenvalue weighted by atomic mass is 16.5. The van der Waals surface area contributed by atoms with Gasteiger partial charge < -0.3 is 15.4 Å². The second-order valence-electron chi connectivity index (χ2n) is 4.10. The number of hydrogen-bond donors (Lipinski definition) is 1. The largest absolute Gasteiger partial charge is 0.495 e. The average molecular weight is 206 g/mol. The van der Waals surface area contributed by atoms with Gasteiger partial charge in [0.25, 0.3) is 0 Å². The number of rotatable bonds is 1. The van der Waals surface area contributed by atoms with Crippen LogP contribution in [0.4, 0.5) is 11.4 Å². The molecule has 1 aliphatic rings. The van der Waals surface area contributed by atoms with Crippen molar-refractivity contribution in [3.63, 3.8) is 0 Å². The predicted molar refractivity (Wildman–Crippen MR) is 63.6 cm³/mol. The minimum Gasteiger partial charge on any atom is -0.495 e. The topological polar surface area (TPSA) is 38.5 Å². The van der Waals surface area contributed by atoms with Crippen LogP contribution in [0.25, 0.3) is 0 Å². The van der Waals surface area contributed by atoms with E-state index in [1.54, 1.807) is 7.11 Å². The number of methoxy groups -OCH3 is 1. The molecule has 0 atom stereocenters. The monoisotopic (exact) mass is 206 g/mol. The van der Waals surface area contributed by atoms with Gasteiger partial charge in [-0.1, -0.05) is 0 Å². The fourth-order valence-corrected chi connectivity index (χ4v) is 2.15. The summed E-state index contributed by atoms with van der Waals surface area (Å²) in [6.45, 7) is 1.11. The average Bonchev–Trinajstić information content (AvgIpc) is 2.40. The third kappa shape index (κ3) is 1.87. The number of benzene rings is 1. The molecule has 0 unspecified atom stereocenters. The van der Waals surface area contributed by atoms with Gasteiger partial charge in [-0.25, -0.2) is 0 Å². The van der Waals surface area contributed by atoms with Gasteiger partial charge in [0, 0.05) is 25.3 Å². The maximum atomic E-state index is 5.91. The molecule has 2 rings (SSSR count).